The van der Waals surface area contributed by atoms with E-state index in [-0.39, 0.29) is 0 Å². The Kier molecular flexibility index (Phi) is 2.77. The topological polar surface area (TPSA) is 52.0 Å². The minimum absolute atomic E-state index is 0.600. The fourth-order valence-electron chi connectivity index (χ4n) is 1.36. The standard InChI is InChI=1S/C13H14N2O/c1-9-3-5-11(6-4-9)7-8-12-13(14)10(2)15-16-12/h3-8H,14H2,1-2H3/b8-7+. The van der Waals surface area contributed by atoms with Crippen LogP contribution >= 0.6 is 0 Å². The van der Waals surface area contributed by atoms with E-state index in [2.05, 4.69) is 24.2 Å². The minimum atomic E-state index is 0.600. The van der Waals surface area contributed by atoms with E-state index in [0.29, 0.717) is 11.4 Å². The normalized spacial score (nSPS) is 11.1. The summed E-state index contributed by atoms with van der Waals surface area (Å²) in [5, 5.41) is 3.79. The molecule has 3 nitrogen and oxygen atoms in total. The molecule has 2 rings (SSSR count). The monoisotopic (exact) mass is 214 g/mol. The van der Waals surface area contributed by atoms with E-state index in [0.717, 1.165) is 11.3 Å². The molecule has 0 radical (unpaired) electrons. The van der Waals surface area contributed by atoms with Gasteiger partial charge in [-0.15, -0.1) is 0 Å². The minimum Gasteiger partial charge on any atom is -0.394 e. The number of nitrogens with two attached hydrogens (primary N) is 1. The van der Waals surface area contributed by atoms with Gasteiger partial charge in [0.1, 0.15) is 11.4 Å². The average molecular weight is 214 g/mol. The second-order valence-electron chi connectivity index (χ2n) is 3.79. The molecule has 82 valence electrons. The number of nitrogen functional groups attached to an aromatic ring is 1. The Morgan fingerprint density at radius 2 is 1.81 bits per heavy atom. The van der Waals surface area contributed by atoms with Gasteiger partial charge in [0.2, 0.25) is 0 Å². The predicted octanol–water partition coefficient (Wildman–Crippen LogP) is 3.04. The van der Waals surface area contributed by atoms with Gasteiger partial charge in [-0.25, -0.2) is 0 Å². The molecule has 2 N–H and O–H groups in total. The van der Waals surface area contributed by atoms with Gasteiger partial charge in [0.05, 0.1) is 0 Å². The van der Waals surface area contributed by atoms with Crippen LogP contribution in [0, 0.1) is 13.8 Å². The van der Waals surface area contributed by atoms with Crippen molar-refractivity contribution in [2.24, 2.45) is 0 Å². The van der Waals surface area contributed by atoms with E-state index in [9.17, 15) is 0 Å². The van der Waals surface area contributed by atoms with Crippen LogP contribution in [0.25, 0.3) is 12.2 Å². The van der Waals surface area contributed by atoms with Crippen molar-refractivity contribution in [2.75, 3.05) is 5.73 Å². The number of hydrogen-bond donors (Lipinski definition) is 1. The third-order valence-corrected chi connectivity index (χ3v) is 2.44. The van der Waals surface area contributed by atoms with E-state index < -0.39 is 0 Å². The Hall–Kier alpha value is -2.03. The lowest BCUT2D eigenvalue weighted by atomic mass is 10.1. The van der Waals surface area contributed by atoms with Crippen molar-refractivity contribution in [2.45, 2.75) is 13.8 Å². The molecule has 0 spiro atoms. The van der Waals surface area contributed by atoms with Crippen LogP contribution in [0.15, 0.2) is 28.8 Å². The van der Waals surface area contributed by atoms with Crippen molar-refractivity contribution in [1.29, 1.82) is 0 Å². The fraction of sp³-hybridized carbons (Fsp3) is 0.154. The van der Waals surface area contributed by atoms with Crippen molar-refractivity contribution >= 4 is 17.8 Å². The lowest BCUT2D eigenvalue weighted by Crippen LogP contribution is -1.86. The summed E-state index contributed by atoms with van der Waals surface area (Å²) >= 11 is 0. The first-order valence-corrected chi connectivity index (χ1v) is 5.13. The van der Waals surface area contributed by atoms with Crippen LogP contribution < -0.4 is 5.73 Å². The van der Waals surface area contributed by atoms with Crippen LogP contribution in [-0.4, -0.2) is 5.16 Å². The molecule has 0 bridgehead atoms. The van der Waals surface area contributed by atoms with Crippen molar-refractivity contribution in [3.63, 3.8) is 0 Å². The highest BCUT2D eigenvalue weighted by Crippen LogP contribution is 2.18. The van der Waals surface area contributed by atoms with Gasteiger partial charge in [0, 0.05) is 0 Å². The van der Waals surface area contributed by atoms with E-state index in [1.165, 1.54) is 5.56 Å². The Labute approximate surface area is 94.6 Å². The molecule has 1 aromatic heterocycles. The summed E-state index contributed by atoms with van der Waals surface area (Å²) in [4.78, 5) is 0. The van der Waals surface area contributed by atoms with E-state index in [4.69, 9.17) is 10.3 Å². The van der Waals surface area contributed by atoms with Gasteiger partial charge in [0.25, 0.3) is 0 Å². The van der Waals surface area contributed by atoms with Crippen LogP contribution in [0.2, 0.25) is 0 Å². The molecule has 0 aliphatic carbocycles. The van der Waals surface area contributed by atoms with Crippen LogP contribution in [0.5, 0.6) is 0 Å². The molecule has 1 heterocycles. The molecule has 0 fully saturated rings. The zero-order valence-corrected chi connectivity index (χ0v) is 9.40. The van der Waals surface area contributed by atoms with E-state index in [1.54, 1.807) is 0 Å². The SMILES string of the molecule is Cc1ccc(/C=C/c2onc(C)c2N)cc1. The molecule has 0 atom stereocenters. The van der Waals surface area contributed by atoms with Crippen LogP contribution in [0.3, 0.4) is 0 Å². The largest absolute Gasteiger partial charge is 0.394 e. The molecule has 1 aromatic carbocycles. The van der Waals surface area contributed by atoms with Crippen LogP contribution in [0.1, 0.15) is 22.6 Å². The molecule has 2 aromatic rings. The number of nitrogens with zero attached hydrogens (tertiary/aromatic N) is 1. The highest BCUT2D eigenvalue weighted by molar-refractivity contribution is 5.73. The summed E-state index contributed by atoms with van der Waals surface area (Å²) < 4.78 is 5.08. The maximum Gasteiger partial charge on any atom is 0.182 e. The quantitative estimate of drug-likeness (QED) is 0.835. The van der Waals surface area contributed by atoms with Crippen molar-refractivity contribution in [1.82, 2.24) is 5.16 Å². The number of anilines is 1. The summed E-state index contributed by atoms with van der Waals surface area (Å²) in [6.07, 6.45) is 3.79. The van der Waals surface area contributed by atoms with Gasteiger partial charge in [-0.05, 0) is 25.5 Å². The number of benzene rings is 1. The zero-order valence-electron chi connectivity index (χ0n) is 9.40. The molecule has 0 amide bonds. The number of hydrogen-bond acceptors (Lipinski definition) is 3. The lowest BCUT2D eigenvalue weighted by Gasteiger charge is -1.94. The van der Waals surface area contributed by atoms with Gasteiger partial charge in [-0.2, -0.15) is 0 Å². The van der Waals surface area contributed by atoms with Gasteiger partial charge < -0.3 is 10.3 Å². The molecule has 0 unspecified atom stereocenters. The van der Waals surface area contributed by atoms with E-state index >= 15 is 0 Å². The smallest absolute Gasteiger partial charge is 0.182 e. The molecule has 0 saturated heterocycles. The summed E-state index contributed by atoms with van der Waals surface area (Å²) in [5.41, 5.74) is 9.46. The number of aryl methyl sites for hydroxylation is 2. The second-order valence-corrected chi connectivity index (χ2v) is 3.79. The molecule has 3 heteroatoms. The third-order valence-electron chi connectivity index (χ3n) is 2.44. The summed E-state index contributed by atoms with van der Waals surface area (Å²) in [6.45, 7) is 3.88. The summed E-state index contributed by atoms with van der Waals surface area (Å²) in [7, 11) is 0. The maximum absolute atomic E-state index is 5.78. The zero-order chi connectivity index (χ0) is 11.5. The Morgan fingerprint density at radius 1 is 1.12 bits per heavy atom. The predicted molar refractivity (Wildman–Crippen MR) is 65.8 cm³/mol. The molecular formula is C13H14N2O. The molecule has 0 saturated carbocycles. The Balaban J connectivity index is 2.21. The Bertz CT molecular complexity index is 509. The Morgan fingerprint density at radius 3 is 2.38 bits per heavy atom. The average Bonchev–Trinajstić information content (AvgIpc) is 2.60. The van der Waals surface area contributed by atoms with Crippen LogP contribution in [0.4, 0.5) is 5.69 Å². The van der Waals surface area contributed by atoms with Crippen molar-refractivity contribution in [3.8, 4) is 0 Å². The first-order valence-electron chi connectivity index (χ1n) is 5.13. The highest BCUT2D eigenvalue weighted by atomic mass is 16.5. The molecule has 16 heavy (non-hydrogen) atoms. The third kappa shape index (κ3) is 2.14. The van der Waals surface area contributed by atoms with Gasteiger partial charge in [-0.3, -0.25) is 0 Å². The fourth-order valence-corrected chi connectivity index (χ4v) is 1.36. The van der Waals surface area contributed by atoms with Crippen molar-refractivity contribution < 1.29 is 4.52 Å². The first kappa shape index (κ1) is 10.5. The van der Waals surface area contributed by atoms with Gasteiger partial charge in [-0.1, -0.05) is 41.1 Å². The van der Waals surface area contributed by atoms with Crippen molar-refractivity contribution in [3.05, 3.63) is 46.8 Å². The summed E-state index contributed by atoms with van der Waals surface area (Å²) in [6, 6.07) is 8.22. The van der Waals surface area contributed by atoms with Gasteiger partial charge >= 0.3 is 0 Å². The number of aromatic nitrogens is 1. The molecule has 0 aliphatic heterocycles. The van der Waals surface area contributed by atoms with Crippen LogP contribution in [-0.2, 0) is 0 Å². The lowest BCUT2D eigenvalue weighted by molar-refractivity contribution is 0.408. The van der Waals surface area contributed by atoms with Gasteiger partial charge in [0.15, 0.2) is 5.76 Å². The molecular weight excluding hydrogens is 200 g/mol. The number of rotatable bonds is 2. The first-order chi connectivity index (χ1) is 7.66. The van der Waals surface area contributed by atoms with E-state index in [1.807, 2.05) is 31.2 Å². The second kappa shape index (κ2) is 4.23. The maximum atomic E-state index is 5.78. The highest BCUT2D eigenvalue weighted by Gasteiger charge is 2.04. The molecule has 0 aliphatic rings. The summed E-state index contributed by atoms with van der Waals surface area (Å²) in [5.74, 6) is 0.609.